The predicted octanol–water partition coefficient (Wildman–Crippen LogP) is 1.93. The summed E-state index contributed by atoms with van der Waals surface area (Å²) in [5.41, 5.74) is 1.02. The van der Waals surface area contributed by atoms with Crippen molar-refractivity contribution in [3.8, 4) is 0 Å². The molecule has 3 nitrogen and oxygen atoms in total. The standard InChI is InChI=1S/C14H19NO2S/c16-10-4-11-18-12-9-15-14(17)8-7-13-5-2-1-3-6-13/h1-3,5-8,16H,4,9-12H2,(H,15,17)/b8-7+. The molecule has 0 aliphatic carbocycles. The first-order chi connectivity index (χ1) is 8.83. The zero-order chi connectivity index (χ0) is 13.1. The van der Waals surface area contributed by atoms with E-state index in [1.807, 2.05) is 30.3 Å². The highest BCUT2D eigenvalue weighted by molar-refractivity contribution is 7.99. The molecule has 1 amide bonds. The molecule has 0 radical (unpaired) electrons. The Hall–Kier alpha value is -1.26. The van der Waals surface area contributed by atoms with Gasteiger partial charge in [-0.15, -0.1) is 0 Å². The van der Waals surface area contributed by atoms with Gasteiger partial charge in [-0.25, -0.2) is 0 Å². The lowest BCUT2D eigenvalue weighted by Crippen LogP contribution is -2.23. The Balaban J connectivity index is 2.12. The average molecular weight is 265 g/mol. The summed E-state index contributed by atoms with van der Waals surface area (Å²) in [7, 11) is 0. The van der Waals surface area contributed by atoms with Crippen LogP contribution in [0.15, 0.2) is 36.4 Å². The SMILES string of the molecule is O=C(/C=C/c1ccccc1)NCCSCCCO. The van der Waals surface area contributed by atoms with Crippen molar-refractivity contribution in [3.05, 3.63) is 42.0 Å². The first-order valence-electron chi connectivity index (χ1n) is 6.02. The van der Waals surface area contributed by atoms with E-state index in [0.29, 0.717) is 6.54 Å². The second-order valence-corrected chi connectivity index (χ2v) is 4.95. The highest BCUT2D eigenvalue weighted by Crippen LogP contribution is 2.01. The number of hydrogen-bond donors (Lipinski definition) is 2. The summed E-state index contributed by atoms with van der Waals surface area (Å²) in [5, 5.41) is 11.4. The maximum absolute atomic E-state index is 11.5. The topological polar surface area (TPSA) is 49.3 Å². The second kappa shape index (κ2) is 9.74. The summed E-state index contributed by atoms with van der Waals surface area (Å²) in [6.07, 6.45) is 4.16. The van der Waals surface area contributed by atoms with Crippen LogP contribution in [0.1, 0.15) is 12.0 Å². The van der Waals surface area contributed by atoms with Gasteiger partial charge < -0.3 is 10.4 Å². The van der Waals surface area contributed by atoms with E-state index in [-0.39, 0.29) is 12.5 Å². The third-order valence-corrected chi connectivity index (χ3v) is 3.29. The fourth-order valence-corrected chi connectivity index (χ4v) is 2.09. The van der Waals surface area contributed by atoms with Crippen LogP contribution in [0.2, 0.25) is 0 Å². The van der Waals surface area contributed by atoms with Crippen LogP contribution in [-0.4, -0.2) is 35.7 Å². The van der Waals surface area contributed by atoms with E-state index in [2.05, 4.69) is 5.32 Å². The highest BCUT2D eigenvalue weighted by atomic mass is 32.2. The molecule has 0 heterocycles. The zero-order valence-corrected chi connectivity index (χ0v) is 11.2. The predicted molar refractivity (Wildman–Crippen MR) is 77.5 cm³/mol. The molecule has 0 saturated heterocycles. The number of amides is 1. The summed E-state index contributed by atoms with van der Waals surface area (Å²) in [4.78, 5) is 11.5. The van der Waals surface area contributed by atoms with Gasteiger partial charge in [0.05, 0.1) is 0 Å². The van der Waals surface area contributed by atoms with Crippen molar-refractivity contribution in [1.29, 1.82) is 0 Å². The molecule has 0 bridgehead atoms. The Kier molecular flexibility index (Phi) is 8.01. The van der Waals surface area contributed by atoms with Crippen LogP contribution in [0.5, 0.6) is 0 Å². The van der Waals surface area contributed by atoms with Gasteiger partial charge in [-0.3, -0.25) is 4.79 Å². The highest BCUT2D eigenvalue weighted by Gasteiger charge is 1.94. The average Bonchev–Trinajstić information content (AvgIpc) is 2.41. The Labute approximate surface area is 112 Å². The summed E-state index contributed by atoms with van der Waals surface area (Å²) in [6.45, 7) is 0.896. The van der Waals surface area contributed by atoms with E-state index >= 15 is 0 Å². The molecule has 1 aromatic rings. The monoisotopic (exact) mass is 265 g/mol. The van der Waals surface area contributed by atoms with Crippen molar-refractivity contribution in [3.63, 3.8) is 0 Å². The van der Waals surface area contributed by atoms with Gasteiger partial charge >= 0.3 is 0 Å². The van der Waals surface area contributed by atoms with Gasteiger partial charge in [0.15, 0.2) is 0 Å². The van der Waals surface area contributed by atoms with Gasteiger partial charge in [-0.05, 0) is 23.8 Å². The normalized spacial score (nSPS) is 10.7. The Morgan fingerprint density at radius 3 is 2.78 bits per heavy atom. The van der Waals surface area contributed by atoms with Crippen LogP contribution in [0.4, 0.5) is 0 Å². The van der Waals surface area contributed by atoms with Gasteiger partial charge in [0.2, 0.25) is 5.91 Å². The molecule has 0 aliphatic rings. The zero-order valence-electron chi connectivity index (χ0n) is 10.3. The van der Waals surface area contributed by atoms with Crippen LogP contribution in [-0.2, 0) is 4.79 Å². The third-order valence-electron chi connectivity index (χ3n) is 2.22. The van der Waals surface area contributed by atoms with Crippen LogP contribution in [0.3, 0.4) is 0 Å². The molecule has 2 N–H and O–H groups in total. The minimum atomic E-state index is -0.0680. The van der Waals surface area contributed by atoms with Gasteiger partial charge in [-0.2, -0.15) is 11.8 Å². The molecule has 0 aromatic heterocycles. The van der Waals surface area contributed by atoms with E-state index in [4.69, 9.17) is 5.11 Å². The minimum absolute atomic E-state index is 0.0680. The van der Waals surface area contributed by atoms with E-state index < -0.39 is 0 Å². The van der Waals surface area contributed by atoms with Gasteiger partial charge in [0.1, 0.15) is 0 Å². The van der Waals surface area contributed by atoms with Crippen molar-refractivity contribution in [2.75, 3.05) is 24.7 Å². The number of carbonyl (C=O) groups is 1. The summed E-state index contributed by atoms with van der Waals surface area (Å²) in [6, 6.07) is 9.73. The fourth-order valence-electron chi connectivity index (χ4n) is 1.31. The molecule has 0 fully saturated rings. The summed E-state index contributed by atoms with van der Waals surface area (Å²) in [5.74, 6) is 1.75. The number of nitrogens with one attached hydrogen (secondary N) is 1. The Morgan fingerprint density at radius 2 is 2.06 bits per heavy atom. The molecule has 18 heavy (non-hydrogen) atoms. The number of aliphatic hydroxyl groups excluding tert-OH is 1. The quantitative estimate of drug-likeness (QED) is 0.558. The van der Waals surface area contributed by atoms with Crippen molar-refractivity contribution < 1.29 is 9.90 Å². The van der Waals surface area contributed by atoms with Gasteiger partial charge in [0, 0.05) is 25.0 Å². The van der Waals surface area contributed by atoms with Crippen LogP contribution in [0, 0.1) is 0 Å². The van der Waals surface area contributed by atoms with Crippen molar-refractivity contribution in [2.45, 2.75) is 6.42 Å². The van der Waals surface area contributed by atoms with E-state index in [1.54, 1.807) is 23.9 Å². The van der Waals surface area contributed by atoms with Crippen LogP contribution >= 0.6 is 11.8 Å². The first kappa shape index (κ1) is 14.8. The molecule has 1 rings (SSSR count). The second-order valence-electron chi connectivity index (χ2n) is 3.72. The molecule has 0 saturated carbocycles. The van der Waals surface area contributed by atoms with Gasteiger partial charge in [-0.1, -0.05) is 30.3 Å². The largest absolute Gasteiger partial charge is 0.396 e. The lowest BCUT2D eigenvalue weighted by molar-refractivity contribution is -0.116. The van der Waals surface area contributed by atoms with Crippen molar-refractivity contribution in [1.82, 2.24) is 5.32 Å². The number of thioether (sulfide) groups is 1. The molecule has 0 spiro atoms. The van der Waals surface area contributed by atoms with E-state index in [9.17, 15) is 4.79 Å². The Bertz CT molecular complexity index is 365. The third kappa shape index (κ3) is 7.14. The van der Waals surface area contributed by atoms with Crippen LogP contribution in [0.25, 0.3) is 6.08 Å². The molecule has 4 heteroatoms. The number of rotatable bonds is 8. The molecular formula is C14H19NO2S. The molecular weight excluding hydrogens is 246 g/mol. The molecule has 0 unspecified atom stereocenters. The number of hydrogen-bond acceptors (Lipinski definition) is 3. The summed E-state index contributed by atoms with van der Waals surface area (Å²) < 4.78 is 0. The molecule has 0 aliphatic heterocycles. The first-order valence-corrected chi connectivity index (χ1v) is 7.18. The molecule has 98 valence electrons. The maximum atomic E-state index is 11.5. The minimum Gasteiger partial charge on any atom is -0.396 e. The molecule has 0 atom stereocenters. The number of aliphatic hydroxyl groups is 1. The maximum Gasteiger partial charge on any atom is 0.244 e. The number of carbonyl (C=O) groups excluding carboxylic acids is 1. The fraction of sp³-hybridized carbons (Fsp3) is 0.357. The lowest BCUT2D eigenvalue weighted by atomic mass is 10.2. The van der Waals surface area contributed by atoms with Crippen molar-refractivity contribution >= 4 is 23.7 Å². The van der Waals surface area contributed by atoms with E-state index in [1.165, 1.54) is 0 Å². The summed E-state index contributed by atoms with van der Waals surface area (Å²) >= 11 is 1.74. The lowest BCUT2D eigenvalue weighted by Gasteiger charge is -2.01. The molecule has 1 aromatic carbocycles. The van der Waals surface area contributed by atoms with Gasteiger partial charge in [0.25, 0.3) is 0 Å². The smallest absolute Gasteiger partial charge is 0.244 e. The Morgan fingerprint density at radius 1 is 1.28 bits per heavy atom. The van der Waals surface area contributed by atoms with Crippen molar-refractivity contribution in [2.24, 2.45) is 0 Å². The number of benzene rings is 1. The van der Waals surface area contributed by atoms with E-state index in [0.717, 1.165) is 23.5 Å². The van der Waals surface area contributed by atoms with Crippen LogP contribution < -0.4 is 5.32 Å².